The highest BCUT2D eigenvalue weighted by atomic mass is 16.5. The van der Waals surface area contributed by atoms with Gasteiger partial charge in [-0.25, -0.2) is 4.98 Å². The second kappa shape index (κ2) is 5.21. The molecule has 0 aliphatic rings. The van der Waals surface area contributed by atoms with Gasteiger partial charge in [0, 0.05) is 6.20 Å². The number of hydrogen-bond donors (Lipinski definition) is 1. The second-order valence-corrected chi connectivity index (χ2v) is 3.54. The van der Waals surface area contributed by atoms with E-state index < -0.39 is 0 Å². The van der Waals surface area contributed by atoms with E-state index in [1.807, 2.05) is 24.3 Å². The van der Waals surface area contributed by atoms with Crippen LogP contribution in [0.15, 0.2) is 42.6 Å². The summed E-state index contributed by atoms with van der Waals surface area (Å²) in [5.41, 5.74) is 7.27. The first-order valence-electron chi connectivity index (χ1n) is 5.26. The van der Waals surface area contributed by atoms with Crippen LogP contribution in [-0.4, -0.2) is 12.1 Å². The van der Waals surface area contributed by atoms with Crippen molar-refractivity contribution in [1.82, 2.24) is 4.98 Å². The van der Waals surface area contributed by atoms with Gasteiger partial charge in [-0.15, -0.1) is 0 Å². The van der Waals surface area contributed by atoms with E-state index in [-0.39, 0.29) is 0 Å². The Morgan fingerprint density at radius 2 is 2.12 bits per heavy atom. The van der Waals surface area contributed by atoms with Crippen LogP contribution in [0, 0.1) is 0 Å². The van der Waals surface area contributed by atoms with Crippen LogP contribution in [0.25, 0.3) is 0 Å². The topological polar surface area (TPSA) is 57.4 Å². The summed E-state index contributed by atoms with van der Waals surface area (Å²) >= 11 is 0. The quantitative estimate of drug-likeness (QED) is 0.875. The van der Waals surface area contributed by atoms with Gasteiger partial charge in [0.1, 0.15) is 12.4 Å². The molecule has 2 N–H and O–H groups in total. The molecular formula is C13H14N2O2. The van der Waals surface area contributed by atoms with Gasteiger partial charge in [0.25, 0.3) is 0 Å². The molecule has 0 atom stereocenters. The number of nitrogens with two attached hydrogens (primary N) is 1. The SMILES string of the molecule is COc1cccc(COc2ncccc2N)c1. The first-order valence-corrected chi connectivity index (χ1v) is 5.26. The molecule has 4 heteroatoms. The Morgan fingerprint density at radius 1 is 1.24 bits per heavy atom. The van der Waals surface area contributed by atoms with E-state index in [1.165, 1.54) is 0 Å². The van der Waals surface area contributed by atoms with Crippen LogP contribution in [0.3, 0.4) is 0 Å². The highest BCUT2D eigenvalue weighted by Gasteiger charge is 2.01. The molecule has 0 saturated carbocycles. The number of hydrogen-bond acceptors (Lipinski definition) is 4. The zero-order chi connectivity index (χ0) is 12.1. The lowest BCUT2D eigenvalue weighted by Gasteiger charge is -2.08. The molecule has 0 amide bonds. The zero-order valence-corrected chi connectivity index (χ0v) is 9.59. The van der Waals surface area contributed by atoms with Gasteiger partial charge in [-0.05, 0) is 29.8 Å². The van der Waals surface area contributed by atoms with Crippen LogP contribution >= 0.6 is 0 Å². The number of nitrogen functional groups attached to an aromatic ring is 1. The van der Waals surface area contributed by atoms with Crippen molar-refractivity contribution in [2.45, 2.75) is 6.61 Å². The van der Waals surface area contributed by atoms with Crippen molar-refractivity contribution in [3.63, 3.8) is 0 Å². The van der Waals surface area contributed by atoms with Gasteiger partial charge in [-0.2, -0.15) is 0 Å². The van der Waals surface area contributed by atoms with Gasteiger partial charge in [-0.1, -0.05) is 12.1 Å². The molecule has 0 fully saturated rings. The van der Waals surface area contributed by atoms with Gasteiger partial charge in [0.15, 0.2) is 0 Å². The fourth-order valence-corrected chi connectivity index (χ4v) is 1.44. The lowest BCUT2D eigenvalue weighted by Crippen LogP contribution is -2.00. The Morgan fingerprint density at radius 3 is 2.88 bits per heavy atom. The van der Waals surface area contributed by atoms with Crippen LogP contribution in [0.5, 0.6) is 11.6 Å². The Labute approximate surface area is 100 Å². The van der Waals surface area contributed by atoms with Crippen molar-refractivity contribution in [3.8, 4) is 11.6 Å². The second-order valence-electron chi connectivity index (χ2n) is 3.54. The van der Waals surface area contributed by atoms with Crippen LogP contribution in [0.2, 0.25) is 0 Å². The molecule has 0 radical (unpaired) electrons. The highest BCUT2D eigenvalue weighted by Crippen LogP contribution is 2.19. The van der Waals surface area contributed by atoms with Crippen LogP contribution < -0.4 is 15.2 Å². The summed E-state index contributed by atoms with van der Waals surface area (Å²) in [4.78, 5) is 4.06. The Hall–Kier alpha value is -2.23. The summed E-state index contributed by atoms with van der Waals surface area (Å²) in [5.74, 6) is 1.26. The fraction of sp³-hybridized carbons (Fsp3) is 0.154. The van der Waals surface area contributed by atoms with Crippen LogP contribution in [0.4, 0.5) is 5.69 Å². The summed E-state index contributed by atoms with van der Waals surface area (Å²) in [6.07, 6.45) is 1.65. The zero-order valence-electron chi connectivity index (χ0n) is 9.59. The standard InChI is InChI=1S/C13H14N2O2/c1-16-11-5-2-4-10(8-11)9-17-13-12(14)6-3-7-15-13/h2-8H,9,14H2,1H3. The molecule has 88 valence electrons. The summed E-state index contributed by atoms with van der Waals surface area (Å²) < 4.78 is 10.7. The minimum Gasteiger partial charge on any atom is -0.497 e. The van der Waals surface area contributed by atoms with E-state index >= 15 is 0 Å². The van der Waals surface area contributed by atoms with E-state index in [0.29, 0.717) is 18.2 Å². The van der Waals surface area contributed by atoms with Crippen molar-refractivity contribution in [1.29, 1.82) is 0 Å². The maximum atomic E-state index is 5.73. The lowest BCUT2D eigenvalue weighted by atomic mass is 10.2. The molecule has 0 bridgehead atoms. The molecule has 1 aromatic heterocycles. The summed E-state index contributed by atoms with van der Waals surface area (Å²) in [6.45, 7) is 0.415. The summed E-state index contributed by atoms with van der Waals surface area (Å²) in [5, 5.41) is 0. The molecule has 0 spiro atoms. The molecule has 0 saturated heterocycles. The van der Waals surface area contributed by atoms with E-state index in [9.17, 15) is 0 Å². The van der Waals surface area contributed by atoms with E-state index in [1.54, 1.807) is 25.4 Å². The number of anilines is 1. The Balaban J connectivity index is 2.05. The predicted octanol–water partition coefficient (Wildman–Crippen LogP) is 2.25. The molecule has 0 aliphatic heterocycles. The monoisotopic (exact) mass is 230 g/mol. The molecule has 17 heavy (non-hydrogen) atoms. The van der Waals surface area contributed by atoms with Gasteiger partial charge < -0.3 is 15.2 Å². The van der Waals surface area contributed by atoms with Crippen LogP contribution in [-0.2, 0) is 6.61 Å². The van der Waals surface area contributed by atoms with Gasteiger partial charge in [0.2, 0.25) is 5.88 Å². The molecule has 2 aromatic rings. The third kappa shape index (κ3) is 2.87. The van der Waals surface area contributed by atoms with Crippen molar-refractivity contribution >= 4 is 5.69 Å². The number of ether oxygens (including phenoxy) is 2. The van der Waals surface area contributed by atoms with Gasteiger partial charge >= 0.3 is 0 Å². The molecule has 0 aliphatic carbocycles. The number of pyridine rings is 1. The molecule has 4 nitrogen and oxygen atoms in total. The Bertz CT molecular complexity index is 500. The third-order valence-electron chi connectivity index (χ3n) is 2.31. The number of aromatic nitrogens is 1. The normalized spacial score (nSPS) is 9.94. The van der Waals surface area contributed by atoms with Gasteiger partial charge in [0.05, 0.1) is 12.8 Å². The average molecular weight is 230 g/mol. The largest absolute Gasteiger partial charge is 0.497 e. The molecule has 1 aromatic carbocycles. The number of methoxy groups -OCH3 is 1. The maximum absolute atomic E-state index is 5.73. The molecule has 2 rings (SSSR count). The number of rotatable bonds is 4. The van der Waals surface area contributed by atoms with E-state index in [2.05, 4.69) is 4.98 Å². The molecule has 0 unspecified atom stereocenters. The lowest BCUT2D eigenvalue weighted by molar-refractivity contribution is 0.295. The number of nitrogens with zero attached hydrogens (tertiary/aromatic N) is 1. The summed E-state index contributed by atoms with van der Waals surface area (Å²) in [7, 11) is 1.64. The first-order chi connectivity index (χ1) is 8.29. The third-order valence-corrected chi connectivity index (χ3v) is 2.31. The first kappa shape index (κ1) is 11.3. The molecular weight excluding hydrogens is 216 g/mol. The van der Waals surface area contributed by atoms with Crippen molar-refractivity contribution in [2.24, 2.45) is 0 Å². The van der Waals surface area contributed by atoms with E-state index in [0.717, 1.165) is 11.3 Å². The minimum absolute atomic E-state index is 0.415. The average Bonchev–Trinajstić information content (AvgIpc) is 2.38. The number of benzene rings is 1. The van der Waals surface area contributed by atoms with E-state index in [4.69, 9.17) is 15.2 Å². The molecule has 1 heterocycles. The fourth-order valence-electron chi connectivity index (χ4n) is 1.44. The van der Waals surface area contributed by atoms with Crippen LogP contribution in [0.1, 0.15) is 5.56 Å². The van der Waals surface area contributed by atoms with Crippen molar-refractivity contribution < 1.29 is 9.47 Å². The maximum Gasteiger partial charge on any atom is 0.237 e. The smallest absolute Gasteiger partial charge is 0.237 e. The Kier molecular flexibility index (Phi) is 3.45. The van der Waals surface area contributed by atoms with Gasteiger partial charge in [-0.3, -0.25) is 0 Å². The predicted molar refractivity (Wildman–Crippen MR) is 66.0 cm³/mol. The summed E-state index contributed by atoms with van der Waals surface area (Å²) in [6, 6.07) is 11.2. The van der Waals surface area contributed by atoms with Crippen molar-refractivity contribution in [3.05, 3.63) is 48.2 Å². The van der Waals surface area contributed by atoms with Crippen molar-refractivity contribution in [2.75, 3.05) is 12.8 Å². The highest BCUT2D eigenvalue weighted by molar-refractivity contribution is 5.46. The minimum atomic E-state index is 0.415.